The number of alkyl carbamates (subject to hydrolysis) is 1. The van der Waals surface area contributed by atoms with Crippen LogP contribution in [-0.4, -0.2) is 51.5 Å². The Morgan fingerprint density at radius 3 is 2.26 bits per heavy atom. The van der Waals surface area contributed by atoms with E-state index in [-0.39, 0.29) is 17.4 Å². The van der Waals surface area contributed by atoms with Crippen LogP contribution in [0.25, 0.3) is 0 Å². The molecule has 38 heavy (non-hydrogen) atoms. The third kappa shape index (κ3) is 7.24. The summed E-state index contributed by atoms with van der Waals surface area (Å²) in [6.45, 7) is 6.85. The van der Waals surface area contributed by atoms with E-state index in [9.17, 15) is 24.3 Å². The van der Waals surface area contributed by atoms with Crippen LogP contribution in [0.4, 0.5) is 10.5 Å². The van der Waals surface area contributed by atoms with E-state index in [2.05, 4.69) is 10.6 Å². The lowest BCUT2D eigenvalue weighted by atomic mass is 9.87. The number of hydrogen-bond acceptors (Lipinski definition) is 6. The van der Waals surface area contributed by atoms with Gasteiger partial charge in [0.15, 0.2) is 0 Å². The topological polar surface area (TPSA) is 151 Å². The van der Waals surface area contributed by atoms with Gasteiger partial charge in [-0.25, -0.2) is 4.79 Å². The normalized spacial score (nSPS) is 14.9. The van der Waals surface area contributed by atoms with E-state index in [1.54, 1.807) is 51.1 Å². The predicted molar refractivity (Wildman–Crippen MR) is 142 cm³/mol. The molecule has 1 saturated carbocycles. The van der Waals surface area contributed by atoms with Gasteiger partial charge in [0, 0.05) is 17.3 Å². The number of rotatable bonds is 9. The van der Waals surface area contributed by atoms with E-state index < -0.39 is 47.9 Å². The summed E-state index contributed by atoms with van der Waals surface area (Å²) in [5, 5.41) is 16.1. The summed E-state index contributed by atoms with van der Waals surface area (Å²) in [6.07, 6.45) is 0.677. The minimum atomic E-state index is -1.37. The number of primary amides is 1. The van der Waals surface area contributed by atoms with Gasteiger partial charge in [0.2, 0.25) is 11.8 Å². The molecule has 1 fully saturated rings. The first kappa shape index (κ1) is 28.5. The molecular formula is C28H36N4O6. The zero-order valence-corrected chi connectivity index (χ0v) is 22.2. The molecule has 2 aromatic carbocycles. The van der Waals surface area contributed by atoms with Gasteiger partial charge in [-0.2, -0.15) is 0 Å². The number of anilines is 1. The number of hydrogen-bond donors (Lipinski definition) is 4. The molecule has 1 aliphatic carbocycles. The maximum Gasteiger partial charge on any atom is 0.408 e. The lowest BCUT2D eigenvalue weighted by Crippen LogP contribution is -2.57. The van der Waals surface area contributed by atoms with Crippen LogP contribution in [0.2, 0.25) is 0 Å². The Bertz CT molecular complexity index is 1190. The van der Waals surface area contributed by atoms with Gasteiger partial charge in [0.25, 0.3) is 5.91 Å². The summed E-state index contributed by atoms with van der Waals surface area (Å²) in [5.41, 5.74) is 6.17. The van der Waals surface area contributed by atoms with Gasteiger partial charge in [0.05, 0.1) is 6.42 Å². The first-order valence-electron chi connectivity index (χ1n) is 12.6. The molecule has 5 N–H and O–H groups in total. The van der Waals surface area contributed by atoms with Gasteiger partial charge in [-0.3, -0.25) is 14.4 Å². The van der Waals surface area contributed by atoms with Crippen molar-refractivity contribution in [3.8, 4) is 5.75 Å². The van der Waals surface area contributed by atoms with Crippen molar-refractivity contribution in [1.29, 1.82) is 0 Å². The summed E-state index contributed by atoms with van der Waals surface area (Å²) in [5.74, 6) is -2.19. The van der Waals surface area contributed by atoms with Crippen molar-refractivity contribution >= 4 is 29.5 Å². The minimum Gasteiger partial charge on any atom is -0.508 e. The van der Waals surface area contributed by atoms with Gasteiger partial charge in [-0.15, -0.1) is 0 Å². The minimum absolute atomic E-state index is 0.166. The molecule has 0 radical (unpaired) electrons. The average molecular weight is 525 g/mol. The second-order valence-corrected chi connectivity index (χ2v) is 10.5. The highest BCUT2D eigenvalue weighted by molar-refractivity contribution is 6.00. The van der Waals surface area contributed by atoms with Crippen molar-refractivity contribution in [2.24, 2.45) is 5.73 Å². The summed E-state index contributed by atoms with van der Waals surface area (Å²) in [6, 6.07) is 10.5. The van der Waals surface area contributed by atoms with Crippen LogP contribution in [0.1, 0.15) is 63.6 Å². The molecule has 3 rings (SSSR count). The number of nitrogens with zero attached hydrogens (tertiary/aromatic N) is 1. The average Bonchev–Trinajstić information content (AvgIpc) is 2.77. The molecule has 2 atom stereocenters. The standard InChI is InChI=1S/C28H36N4O6/c1-17-10-5-7-14-20(17)30-25(35)24(19-13-6-8-15-22(19)33)32(18-11-9-12-18)26(36)21(16-23(29)34)31-27(37)38-28(2,3)4/h5-8,10,13-15,18,21,24,33H,9,11-12,16H2,1-4H3,(H2,29,34)(H,30,35)(H,31,37). The highest BCUT2D eigenvalue weighted by Crippen LogP contribution is 2.37. The van der Waals surface area contributed by atoms with E-state index in [1.807, 2.05) is 19.1 Å². The quantitative estimate of drug-likeness (QED) is 0.394. The van der Waals surface area contributed by atoms with Crippen LogP contribution in [0.5, 0.6) is 5.75 Å². The molecule has 4 amide bonds. The fraction of sp³-hybridized carbons (Fsp3) is 0.429. The molecule has 1 aliphatic rings. The number of nitrogens with two attached hydrogens (primary N) is 1. The molecule has 2 aromatic rings. The van der Waals surface area contributed by atoms with Crippen molar-refractivity contribution < 1.29 is 29.0 Å². The number of phenols is 1. The number of amides is 4. The lowest BCUT2D eigenvalue weighted by Gasteiger charge is -2.43. The Kier molecular flexibility index (Phi) is 8.98. The van der Waals surface area contributed by atoms with E-state index in [0.717, 1.165) is 12.0 Å². The maximum absolute atomic E-state index is 14.1. The largest absolute Gasteiger partial charge is 0.508 e. The number of nitrogens with one attached hydrogen (secondary N) is 2. The number of para-hydroxylation sites is 2. The molecule has 10 heteroatoms. The first-order chi connectivity index (χ1) is 17.9. The number of carbonyl (C=O) groups is 4. The fourth-order valence-electron chi connectivity index (χ4n) is 4.26. The van der Waals surface area contributed by atoms with Gasteiger partial charge >= 0.3 is 6.09 Å². The summed E-state index contributed by atoms with van der Waals surface area (Å²) in [4.78, 5) is 53.7. The Hall–Kier alpha value is -4.08. The highest BCUT2D eigenvalue weighted by atomic mass is 16.6. The van der Waals surface area contributed by atoms with E-state index >= 15 is 0 Å². The molecule has 2 unspecified atom stereocenters. The molecule has 0 aromatic heterocycles. The fourth-order valence-corrected chi connectivity index (χ4v) is 4.26. The maximum atomic E-state index is 14.1. The molecular weight excluding hydrogens is 488 g/mol. The molecule has 10 nitrogen and oxygen atoms in total. The Morgan fingerprint density at radius 2 is 1.71 bits per heavy atom. The first-order valence-corrected chi connectivity index (χ1v) is 12.6. The van der Waals surface area contributed by atoms with Crippen LogP contribution in [0.3, 0.4) is 0 Å². The molecule has 0 aliphatic heterocycles. The molecule has 0 saturated heterocycles. The summed E-state index contributed by atoms with van der Waals surface area (Å²) < 4.78 is 5.29. The third-order valence-electron chi connectivity index (χ3n) is 6.28. The van der Waals surface area contributed by atoms with Gasteiger partial charge in [-0.1, -0.05) is 36.4 Å². The third-order valence-corrected chi connectivity index (χ3v) is 6.28. The van der Waals surface area contributed by atoms with Crippen molar-refractivity contribution in [1.82, 2.24) is 10.2 Å². The summed E-state index contributed by atoms with van der Waals surface area (Å²) in [7, 11) is 0. The van der Waals surface area contributed by atoms with Gasteiger partial charge in [-0.05, 0) is 64.7 Å². The van der Waals surface area contributed by atoms with Crippen LogP contribution >= 0.6 is 0 Å². The lowest BCUT2D eigenvalue weighted by molar-refractivity contribution is -0.146. The van der Waals surface area contributed by atoms with Crippen molar-refractivity contribution in [3.63, 3.8) is 0 Å². The second-order valence-electron chi connectivity index (χ2n) is 10.5. The van der Waals surface area contributed by atoms with Crippen LogP contribution < -0.4 is 16.4 Å². The predicted octanol–water partition coefficient (Wildman–Crippen LogP) is 3.53. The van der Waals surface area contributed by atoms with Crippen molar-refractivity contribution in [2.45, 2.75) is 77.1 Å². The van der Waals surface area contributed by atoms with Gasteiger partial charge in [0.1, 0.15) is 23.4 Å². The zero-order valence-electron chi connectivity index (χ0n) is 22.2. The van der Waals surface area contributed by atoms with Crippen LogP contribution in [0, 0.1) is 6.92 Å². The highest BCUT2D eigenvalue weighted by Gasteiger charge is 2.43. The van der Waals surface area contributed by atoms with Crippen LogP contribution in [-0.2, 0) is 19.1 Å². The SMILES string of the molecule is Cc1ccccc1NC(=O)C(c1ccccc1O)N(C(=O)C(CC(N)=O)NC(=O)OC(C)(C)C)C1CCC1. The summed E-state index contributed by atoms with van der Waals surface area (Å²) >= 11 is 0. The molecule has 204 valence electrons. The van der Waals surface area contributed by atoms with E-state index in [0.29, 0.717) is 18.5 Å². The number of phenolic OH excluding ortho intramolecular Hbond substituents is 1. The number of aromatic hydroxyl groups is 1. The smallest absolute Gasteiger partial charge is 0.408 e. The monoisotopic (exact) mass is 524 g/mol. The molecule has 0 heterocycles. The number of aryl methyl sites for hydroxylation is 1. The van der Waals surface area contributed by atoms with E-state index in [4.69, 9.17) is 10.5 Å². The van der Waals surface area contributed by atoms with Crippen LogP contribution in [0.15, 0.2) is 48.5 Å². The number of carbonyl (C=O) groups excluding carboxylic acids is 4. The Labute approximate surface area is 222 Å². The number of benzene rings is 2. The molecule has 0 spiro atoms. The van der Waals surface area contributed by atoms with Crippen molar-refractivity contribution in [2.75, 3.05) is 5.32 Å². The van der Waals surface area contributed by atoms with E-state index in [1.165, 1.54) is 11.0 Å². The zero-order chi connectivity index (χ0) is 28.0. The van der Waals surface area contributed by atoms with Crippen molar-refractivity contribution in [3.05, 3.63) is 59.7 Å². The molecule has 0 bridgehead atoms. The Morgan fingerprint density at radius 1 is 1.08 bits per heavy atom. The second kappa shape index (κ2) is 12.0. The van der Waals surface area contributed by atoms with Gasteiger partial charge < -0.3 is 31.1 Å². The Balaban J connectivity index is 2.04. The number of ether oxygens (including phenoxy) is 1.